The van der Waals surface area contributed by atoms with Gasteiger partial charge < -0.3 is 28.8 Å². The van der Waals surface area contributed by atoms with Gasteiger partial charge in [0.1, 0.15) is 36.9 Å². The number of aliphatic hydroxyl groups excluding tert-OH is 2. The number of aryl methyl sites for hydroxylation is 2. The number of hydrogen-bond donors (Lipinski definition) is 4. The highest BCUT2D eigenvalue weighted by Crippen LogP contribution is 2.27. The van der Waals surface area contributed by atoms with Gasteiger partial charge in [-0.2, -0.15) is 0 Å². The molecule has 274 valence electrons. The molecule has 0 unspecified atom stereocenters. The molecule has 0 bridgehead atoms. The van der Waals surface area contributed by atoms with E-state index in [1.807, 2.05) is 0 Å². The highest BCUT2D eigenvalue weighted by molar-refractivity contribution is 8.02. The van der Waals surface area contributed by atoms with E-state index in [4.69, 9.17) is 32.7 Å². The molecule has 0 aliphatic heterocycles. The molecule has 6 rings (SSSR count). The molecule has 0 amide bonds. The Balaban J connectivity index is 1.20. The van der Waals surface area contributed by atoms with Gasteiger partial charge in [-0.25, -0.2) is 19.6 Å². The number of nitrogens with zero attached hydrogens (tertiary/aromatic N) is 6. The van der Waals surface area contributed by atoms with Crippen molar-refractivity contribution in [2.24, 2.45) is 14.1 Å². The van der Waals surface area contributed by atoms with Gasteiger partial charge in [-0.15, -0.1) is 0 Å². The molecule has 0 spiro atoms. The molecule has 52 heavy (non-hydrogen) atoms. The molecule has 0 aliphatic carbocycles. The van der Waals surface area contributed by atoms with Gasteiger partial charge in [0.15, 0.2) is 32.6 Å². The summed E-state index contributed by atoms with van der Waals surface area (Å²) in [5.41, 5.74) is -2.06. The second-order valence-corrected chi connectivity index (χ2v) is 14.5. The van der Waals surface area contributed by atoms with Crippen LogP contribution in [0, 0.1) is 0 Å². The summed E-state index contributed by atoms with van der Waals surface area (Å²) in [5, 5.41) is 23.6. The van der Waals surface area contributed by atoms with Crippen LogP contribution in [0.25, 0.3) is 22.3 Å². The molecule has 4 aromatic heterocycles. The van der Waals surface area contributed by atoms with Crippen LogP contribution in [0.2, 0.25) is 10.0 Å². The molecule has 20 heteroatoms. The lowest BCUT2D eigenvalue weighted by Gasteiger charge is -2.16. The van der Waals surface area contributed by atoms with Crippen LogP contribution in [0.15, 0.2) is 78.0 Å². The van der Waals surface area contributed by atoms with Crippen molar-refractivity contribution < 1.29 is 19.7 Å². The third kappa shape index (κ3) is 8.27. The second kappa shape index (κ2) is 16.1. The SMILES string of the molecule is Cn1c(=O)[nH]c(=O)c2c1nc(SCCSc1nc3c(c(=O)[nH]c(=O)n3C)n1C[C@@H](O)COc1ccc(Cl)cc1)n2C[C@H](O)COc1ccc(Cl)cc1. The Bertz CT molecular complexity index is 2290. The van der Waals surface area contributed by atoms with E-state index in [-0.39, 0.29) is 48.6 Å². The third-order valence-electron chi connectivity index (χ3n) is 7.79. The van der Waals surface area contributed by atoms with Gasteiger partial charge in [0.05, 0.1) is 13.1 Å². The van der Waals surface area contributed by atoms with E-state index in [2.05, 4.69) is 19.9 Å². The highest BCUT2D eigenvalue weighted by Gasteiger charge is 2.23. The summed E-state index contributed by atoms with van der Waals surface area (Å²) in [6.45, 7) is -0.328. The fraction of sp³-hybridized carbons (Fsp3) is 0.312. The van der Waals surface area contributed by atoms with Crippen molar-refractivity contribution in [3.8, 4) is 11.5 Å². The number of nitrogens with one attached hydrogen (secondary N) is 2. The normalized spacial score (nSPS) is 12.8. The molecule has 0 fully saturated rings. The Morgan fingerprint density at radius 2 is 1.04 bits per heavy atom. The van der Waals surface area contributed by atoms with Gasteiger partial charge in [0.2, 0.25) is 0 Å². The number of ether oxygens (including phenoxy) is 2. The van der Waals surface area contributed by atoms with E-state index < -0.39 is 34.7 Å². The molecule has 4 heterocycles. The van der Waals surface area contributed by atoms with E-state index in [9.17, 15) is 29.4 Å². The van der Waals surface area contributed by atoms with Gasteiger partial charge >= 0.3 is 11.4 Å². The Hall–Kier alpha value is -4.46. The topological polar surface area (TPSA) is 204 Å². The lowest BCUT2D eigenvalue weighted by Crippen LogP contribution is -2.30. The number of rotatable bonds is 15. The first-order valence-corrected chi connectivity index (χ1v) is 18.4. The maximum absolute atomic E-state index is 13.0. The van der Waals surface area contributed by atoms with E-state index in [0.29, 0.717) is 43.4 Å². The zero-order valence-corrected chi connectivity index (χ0v) is 30.8. The lowest BCUT2D eigenvalue weighted by atomic mass is 10.3. The zero-order valence-electron chi connectivity index (χ0n) is 27.6. The Kier molecular flexibility index (Phi) is 11.5. The van der Waals surface area contributed by atoms with Crippen LogP contribution < -0.4 is 32.0 Å². The number of hydrogen-bond acceptors (Lipinski definition) is 12. The predicted octanol–water partition coefficient (Wildman–Crippen LogP) is 2.23. The number of H-pyrrole nitrogens is 2. The van der Waals surface area contributed by atoms with Crippen molar-refractivity contribution in [3.05, 3.63) is 100 Å². The number of halogens is 2. The van der Waals surface area contributed by atoms with E-state index in [1.54, 1.807) is 57.7 Å². The van der Waals surface area contributed by atoms with Crippen LogP contribution in [-0.4, -0.2) is 85.3 Å². The minimum Gasteiger partial charge on any atom is -0.491 e. The van der Waals surface area contributed by atoms with Crippen molar-refractivity contribution in [3.63, 3.8) is 0 Å². The number of aliphatic hydroxyl groups is 2. The van der Waals surface area contributed by atoms with Crippen molar-refractivity contribution in [1.29, 1.82) is 0 Å². The molecular weight excluding hydrogens is 759 g/mol. The predicted molar refractivity (Wildman–Crippen MR) is 199 cm³/mol. The van der Waals surface area contributed by atoms with Crippen LogP contribution in [0.1, 0.15) is 0 Å². The van der Waals surface area contributed by atoms with Crippen molar-refractivity contribution >= 4 is 69.1 Å². The minimum atomic E-state index is -1.06. The van der Waals surface area contributed by atoms with E-state index in [0.717, 1.165) is 0 Å². The van der Waals surface area contributed by atoms with E-state index in [1.165, 1.54) is 46.8 Å². The monoisotopic (exact) mass is 790 g/mol. The third-order valence-corrected chi connectivity index (χ3v) is 10.5. The molecule has 4 N–H and O–H groups in total. The lowest BCUT2D eigenvalue weighted by molar-refractivity contribution is 0.0913. The Labute approximate surface area is 312 Å². The van der Waals surface area contributed by atoms with Gasteiger partial charge in [0, 0.05) is 35.6 Å². The average molecular weight is 792 g/mol. The number of benzene rings is 2. The summed E-state index contributed by atoms with van der Waals surface area (Å²) in [4.78, 5) is 64.3. The molecule has 0 saturated carbocycles. The van der Waals surface area contributed by atoms with Crippen LogP contribution in [0.4, 0.5) is 0 Å². The minimum absolute atomic E-state index is 0.0660. The first kappa shape index (κ1) is 37.3. The summed E-state index contributed by atoms with van der Waals surface area (Å²) in [6, 6.07) is 13.3. The molecule has 0 saturated heterocycles. The molecule has 2 aromatic carbocycles. The summed E-state index contributed by atoms with van der Waals surface area (Å²) in [7, 11) is 2.97. The van der Waals surface area contributed by atoms with Crippen LogP contribution >= 0.6 is 46.7 Å². The standard InChI is InChI=1S/C32H32Cl2N8O8S2/c1-39-25-23(27(45)37-29(39)47)41(13-19(43)15-49-21-7-3-17(33)4-8-21)31(35-25)51-11-12-52-32-36-26-24(28(46)38-30(48)40(26)2)42(32)14-20(44)16-50-22-9-5-18(34)6-10-22/h3-10,19-20,43-44H,11-16H2,1-2H3,(H,37,45,47)(H,38,46,48)/t19-,20+. The maximum atomic E-state index is 13.0. The quantitative estimate of drug-likeness (QED) is 0.0874. The van der Waals surface area contributed by atoms with E-state index >= 15 is 0 Å². The summed E-state index contributed by atoms with van der Waals surface area (Å²) >= 11 is 14.4. The summed E-state index contributed by atoms with van der Waals surface area (Å²) in [6.07, 6.45) is -2.11. The van der Waals surface area contributed by atoms with Gasteiger partial charge in [-0.05, 0) is 48.5 Å². The molecule has 6 aromatic rings. The van der Waals surface area contributed by atoms with Crippen molar-refractivity contribution in [2.45, 2.75) is 35.6 Å². The van der Waals surface area contributed by atoms with Gasteiger partial charge in [-0.1, -0.05) is 46.7 Å². The summed E-state index contributed by atoms with van der Waals surface area (Å²) in [5.74, 6) is 1.80. The van der Waals surface area contributed by atoms with Crippen LogP contribution in [-0.2, 0) is 27.2 Å². The van der Waals surface area contributed by atoms with Crippen LogP contribution in [0.3, 0.4) is 0 Å². The second-order valence-electron chi connectivity index (χ2n) is 11.5. The smallest absolute Gasteiger partial charge is 0.329 e. The van der Waals surface area contributed by atoms with Crippen molar-refractivity contribution in [2.75, 3.05) is 24.7 Å². The fourth-order valence-electron chi connectivity index (χ4n) is 5.23. The molecule has 0 aliphatic rings. The van der Waals surface area contributed by atoms with Crippen molar-refractivity contribution in [1.82, 2.24) is 38.2 Å². The highest BCUT2D eigenvalue weighted by atomic mass is 35.5. The zero-order chi connectivity index (χ0) is 37.1. The largest absolute Gasteiger partial charge is 0.491 e. The molecule has 2 atom stereocenters. The summed E-state index contributed by atoms with van der Waals surface area (Å²) < 4.78 is 16.9. The Morgan fingerprint density at radius 1 is 0.673 bits per heavy atom. The molecule has 0 radical (unpaired) electrons. The number of thioether (sulfide) groups is 2. The molecular formula is C32H32Cl2N8O8S2. The number of aromatic nitrogens is 8. The average Bonchev–Trinajstić information content (AvgIpc) is 3.66. The van der Waals surface area contributed by atoms with Gasteiger partial charge in [0.25, 0.3) is 11.1 Å². The fourth-order valence-corrected chi connectivity index (χ4v) is 7.46. The number of fused-ring (bicyclic) bond motifs is 2. The number of aromatic amines is 2. The molecule has 16 nitrogen and oxygen atoms in total. The van der Waals surface area contributed by atoms with Crippen LogP contribution in [0.5, 0.6) is 11.5 Å². The van der Waals surface area contributed by atoms with Gasteiger partial charge in [-0.3, -0.25) is 28.7 Å². The first-order valence-electron chi connectivity index (χ1n) is 15.7. The maximum Gasteiger partial charge on any atom is 0.329 e. The first-order chi connectivity index (χ1) is 24.9. The number of imidazole rings is 2. The Morgan fingerprint density at radius 3 is 1.40 bits per heavy atom.